The van der Waals surface area contributed by atoms with Gasteiger partial charge < -0.3 is 10.6 Å². The highest BCUT2D eigenvalue weighted by Crippen LogP contribution is 2.35. The average Bonchev–Trinajstić information content (AvgIpc) is 2.82. The Kier molecular flexibility index (Phi) is 6.70. The number of thiocarbonyl (C=S) groups is 1. The van der Waals surface area contributed by atoms with Crippen LogP contribution in [0.2, 0.25) is 5.02 Å². The molecule has 1 aromatic heterocycles. The maximum absolute atomic E-state index is 12.8. The molecule has 0 bridgehead atoms. The maximum atomic E-state index is 12.8. The van der Waals surface area contributed by atoms with Crippen molar-refractivity contribution in [3.63, 3.8) is 0 Å². The van der Waals surface area contributed by atoms with Crippen molar-refractivity contribution in [2.45, 2.75) is 26.1 Å². The average molecular weight is 456 g/mol. The fourth-order valence-corrected chi connectivity index (χ4v) is 2.99. The molecule has 0 amide bonds. The van der Waals surface area contributed by atoms with Crippen molar-refractivity contribution in [3.05, 3.63) is 45.1 Å². The van der Waals surface area contributed by atoms with Crippen LogP contribution in [0, 0.1) is 6.92 Å². The van der Waals surface area contributed by atoms with E-state index in [9.17, 15) is 13.2 Å². The van der Waals surface area contributed by atoms with E-state index in [2.05, 4.69) is 31.7 Å². The van der Waals surface area contributed by atoms with Crippen molar-refractivity contribution in [1.82, 2.24) is 15.1 Å². The van der Waals surface area contributed by atoms with Gasteiger partial charge in [0.15, 0.2) is 10.8 Å². The van der Waals surface area contributed by atoms with Gasteiger partial charge in [-0.15, -0.1) is 0 Å². The predicted molar refractivity (Wildman–Crippen MR) is 100.0 cm³/mol. The van der Waals surface area contributed by atoms with Gasteiger partial charge in [-0.3, -0.25) is 4.68 Å². The van der Waals surface area contributed by atoms with Crippen LogP contribution in [0.5, 0.6) is 0 Å². The highest BCUT2D eigenvalue weighted by molar-refractivity contribution is 9.10. The lowest BCUT2D eigenvalue weighted by atomic mass is 10.3. The van der Waals surface area contributed by atoms with Gasteiger partial charge in [0.05, 0.1) is 20.9 Å². The molecule has 0 saturated carbocycles. The molecule has 0 aliphatic carbocycles. The summed E-state index contributed by atoms with van der Waals surface area (Å²) in [5, 5.41) is 10.5. The number of alkyl halides is 3. The standard InChI is InChI=1S/C15H15BrClF3N4S/c1-9-12(16)13(15(18,19)20)23-24(9)8-4-7-21-14(25)22-11-6-3-2-5-10(11)17/h2-3,5-6H,4,7-8H2,1H3,(H2,21,22,25). The number of nitrogens with one attached hydrogen (secondary N) is 2. The molecule has 0 atom stereocenters. The third-order valence-corrected chi connectivity index (χ3v) is 4.88. The second-order valence-corrected chi connectivity index (χ2v) is 6.79. The predicted octanol–water partition coefficient (Wildman–Crippen LogP) is 5.00. The zero-order valence-corrected chi connectivity index (χ0v) is 16.3. The molecule has 1 aromatic carbocycles. The lowest BCUT2D eigenvalue weighted by Gasteiger charge is -2.12. The zero-order valence-electron chi connectivity index (χ0n) is 13.1. The molecule has 2 N–H and O–H groups in total. The summed E-state index contributed by atoms with van der Waals surface area (Å²) < 4.78 is 39.8. The molecule has 1 heterocycles. The van der Waals surface area contributed by atoms with Crippen LogP contribution in [-0.2, 0) is 12.7 Å². The van der Waals surface area contributed by atoms with Crippen LogP contribution in [-0.4, -0.2) is 21.4 Å². The van der Waals surface area contributed by atoms with Crippen molar-refractivity contribution in [2.75, 3.05) is 11.9 Å². The van der Waals surface area contributed by atoms with Gasteiger partial charge in [0, 0.05) is 13.1 Å². The minimum atomic E-state index is -4.48. The Bertz CT molecular complexity index is 764. The third kappa shape index (κ3) is 5.32. The van der Waals surface area contributed by atoms with Crippen molar-refractivity contribution in [3.8, 4) is 0 Å². The molecule has 0 unspecified atom stereocenters. The first-order valence-corrected chi connectivity index (χ1v) is 8.87. The van der Waals surface area contributed by atoms with Crippen molar-refractivity contribution < 1.29 is 13.2 Å². The van der Waals surface area contributed by atoms with Gasteiger partial charge >= 0.3 is 6.18 Å². The van der Waals surface area contributed by atoms with Crippen molar-refractivity contribution in [2.24, 2.45) is 0 Å². The van der Waals surface area contributed by atoms with E-state index in [0.29, 0.717) is 41.0 Å². The van der Waals surface area contributed by atoms with E-state index >= 15 is 0 Å². The van der Waals surface area contributed by atoms with Crippen LogP contribution in [0.1, 0.15) is 17.8 Å². The Morgan fingerprint density at radius 3 is 2.64 bits per heavy atom. The molecule has 136 valence electrons. The molecule has 0 saturated heterocycles. The monoisotopic (exact) mass is 454 g/mol. The number of halogens is 5. The van der Waals surface area contributed by atoms with Crippen LogP contribution >= 0.6 is 39.7 Å². The number of rotatable bonds is 5. The van der Waals surface area contributed by atoms with Gasteiger partial charge in [-0.25, -0.2) is 0 Å². The molecule has 4 nitrogen and oxygen atoms in total. The van der Waals surface area contributed by atoms with E-state index in [0.717, 1.165) is 0 Å². The molecular weight excluding hydrogens is 441 g/mol. The number of para-hydroxylation sites is 1. The van der Waals surface area contributed by atoms with Gasteiger partial charge in [0.2, 0.25) is 0 Å². The summed E-state index contributed by atoms with van der Waals surface area (Å²) in [6, 6.07) is 7.17. The molecule has 0 fully saturated rings. The van der Waals surface area contributed by atoms with E-state index in [1.807, 2.05) is 12.1 Å². The Morgan fingerprint density at radius 1 is 1.36 bits per heavy atom. The van der Waals surface area contributed by atoms with Crippen LogP contribution < -0.4 is 10.6 Å². The van der Waals surface area contributed by atoms with Crippen molar-refractivity contribution in [1.29, 1.82) is 0 Å². The second-order valence-electron chi connectivity index (χ2n) is 5.18. The third-order valence-electron chi connectivity index (χ3n) is 3.36. The number of aromatic nitrogens is 2. The molecule has 10 heteroatoms. The molecule has 0 aliphatic rings. The normalized spacial score (nSPS) is 11.4. The smallest absolute Gasteiger partial charge is 0.362 e. The Hall–Kier alpha value is -1.32. The van der Waals surface area contributed by atoms with E-state index in [4.69, 9.17) is 23.8 Å². The summed E-state index contributed by atoms with van der Waals surface area (Å²) in [5.74, 6) is 0. The Morgan fingerprint density at radius 2 is 2.04 bits per heavy atom. The molecular formula is C15H15BrClF3N4S. The second kappa shape index (κ2) is 8.37. The first-order chi connectivity index (χ1) is 11.7. The summed E-state index contributed by atoms with van der Waals surface area (Å²) in [7, 11) is 0. The van der Waals surface area contributed by atoms with Crippen LogP contribution in [0.15, 0.2) is 28.7 Å². The molecule has 0 radical (unpaired) electrons. The highest BCUT2D eigenvalue weighted by atomic mass is 79.9. The van der Waals surface area contributed by atoms with Crippen LogP contribution in [0.3, 0.4) is 0 Å². The lowest BCUT2D eigenvalue weighted by Crippen LogP contribution is -2.30. The summed E-state index contributed by atoms with van der Waals surface area (Å²) in [6.45, 7) is 2.40. The fourth-order valence-electron chi connectivity index (χ4n) is 2.08. The first-order valence-electron chi connectivity index (χ1n) is 7.29. The molecule has 0 spiro atoms. The minimum Gasteiger partial charge on any atom is -0.362 e. The zero-order chi connectivity index (χ0) is 18.6. The SMILES string of the molecule is Cc1c(Br)c(C(F)(F)F)nn1CCCNC(=S)Nc1ccccc1Cl. The Labute approximate surface area is 161 Å². The molecule has 2 aromatic rings. The van der Waals surface area contributed by atoms with Gasteiger partial charge in [-0.05, 0) is 53.6 Å². The number of aryl methyl sites for hydroxylation is 1. The molecule has 0 aliphatic heterocycles. The van der Waals surface area contributed by atoms with Gasteiger partial charge in [-0.2, -0.15) is 18.3 Å². The minimum absolute atomic E-state index is 0.0242. The number of benzene rings is 1. The van der Waals surface area contributed by atoms with Crippen molar-refractivity contribution >= 4 is 50.5 Å². The van der Waals surface area contributed by atoms with Gasteiger partial charge in [0.25, 0.3) is 0 Å². The summed E-state index contributed by atoms with van der Waals surface area (Å²) in [5.41, 5.74) is 0.210. The summed E-state index contributed by atoms with van der Waals surface area (Å²) >= 11 is 14.1. The first kappa shape index (κ1) is 20.0. The maximum Gasteiger partial charge on any atom is 0.436 e. The quantitative estimate of drug-likeness (QED) is 0.492. The van der Waals surface area contributed by atoms with Gasteiger partial charge in [0.1, 0.15) is 0 Å². The van der Waals surface area contributed by atoms with E-state index in [1.165, 1.54) is 4.68 Å². The number of hydrogen-bond acceptors (Lipinski definition) is 2. The number of anilines is 1. The fraction of sp³-hybridized carbons (Fsp3) is 0.333. The number of hydrogen-bond donors (Lipinski definition) is 2. The summed E-state index contributed by atoms with van der Waals surface area (Å²) in [4.78, 5) is 0. The van der Waals surface area contributed by atoms with E-state index in [1.54, 1.807) is 19.1 Å². The van der Waals surface area contributed by atoms with E-state index in [-0.39, 0.29) is 4.47 Å². The highest BCUT2D eigenvalue weighted by Gasteiger charge is 2.37. The lowest BCUT2D eigenvalue weighted by molar-refractivity contribution is -0.142. The van der Waals surface area contributed by atoms with E-state index < -0.39 is 11.9 Å². The summed E-state index contributed by atoms with van der Waals surface area (Å²) in [6.07, 6.45) is -3.93. The Balaban J connectivity index is 1.84. The van der Waals surface area contributed by atoms with Crippen LogP contribution in [0.25, 0.3) is 0 Å². The topological polar surface area (TPSA) is 41.9 Å². The largest absolute Gasteiger partial charge is 0.436 e. The molecule has 25 heavy (non-hydrogen) atoms. The molecule has 2 rings (SSSR count). The van der Waals surface area contributed by atoms with Gasteiger partial charge in [-0.1, -0.05) is 23.7 Å². The number of nitrogens with zero attached hydrogens (tertiary/aromatic N) is 2. The van der Waals surface area contributed by atoms with Crippen LogP contribution in [0.4, 0.5) is 18.9 Å².